The number of anilines is 1. The van der Waals surface area contributed by atoms with Crippen molar-refractivity contribution in [1.82, 2.24) is 20.0 Å². The smallest absolute Gasteiger partial charge is 0.242 e. The Hall–Kier alpha value is -3.24. The minimum Gasteiger partial charge on any atom is -0.369 e. The van der Waals surface area contributed by atoms with Crippen LogP contribution in [-0.2, 0) is 20.0 Å². The predicted molar refractivity (Wildman–Crippen MR) is 125 cm³/mol. The van der Waals surface area contributed by atoms with Crippen LogP contribution in [0, 0.1) is 0 Å². The van der Waals surface area contributed by atoms with Crippen LogP contribution in [0.2, 0.25) is 0 Å². The first kappa shape index (κ1) is 22.5. The molecule has 0 aliphatic carbocycles. The second-order valence-corrected chi connectivity index (χ2v) is 11.0. The van der Waals surface area contributed by atoms with Crippen LogP contribution >= 0.6 is 0 Å². The number of para-hydroxylation sites is 1. The predicted octanol–water partition coefficient (Wildman–Crippen LogP) is 0.270. The summed E-state index contributed by atoms with van der Waals surface area (Å²) in [6.07, 6.45) is 0.568. The van der Waals surface area contributed by atoms with Gasteiger partial charge in [-0.2, -0.15) is 5.11 Å². The highest BCUT2D eigenvalue weighted by atomic mass is 32.2. The summed E-state index contributed by atoms with van der Waals surface area (Å²) >= 11 is 0. The number of amidine groups is 1. The van der Waals surface area contributed by atoms with Gasteiger partial charge in [0.05, 0.1) is 16.6 Å². The molecule has 1 atom stereocenters. The molecule has 3 aromatic rings. The van der Waals surface area contributed by atoms with E-state index in [2.05, 4.69) is 35.2 Å². The third-order valence-corrected chi connectivity index (χ3v) is 8.26. The number of fused-ring (bicyclic) bond motifs is 1. The number of nitrogens with two attached hydrogens (primary N) is 2. The van der Waals surface area contributed by atoms with Crippen LogP contribution in [0.25, 0.3) is 22.2 Å². The number of aromatic amines is 1. The summed E-state index contributed by atoms with van der Waals surface area (Å²) in [7, 11) is -8.83. The highest BCUT2D eigenvalue weighted by Crippen LogP contribution is 2.37. The zero-order valence-corrected chi connectivity index (χ0v) is 19.3. The fourth-order valence-electron chi connectivity index (χ4n) is 4.17. The molecule has 15 heteroatoms. The molecule has 1 unspecified atom stereocenters. The summed E-state index contributed by atoms with van der Waals surface area (Å²) in [6.45, 7) is 1.05. The summed E-state index contributed by atoms with van der Waals surface area (Å²) in [6, 6.07) is 7.51. The molecule has 1 saturated heterocycles. The molecule has 0 radical (unpaired) electrons. The Balaban J connectivity index is 1.82. The number of nitrogens with zero attached hydrogens (tertiary/aromatic N) is 4. The Morgan fingerprint density at radius 3 is 2.59 bits per heavy atom. The number of hydrogen-bond donors (Lipinski definition) is 5. The van der Waals surface area contributed by atoms with E-state index in [0.717, 1.165) is 0 Å². The van der Waals surface area contributed by atoms with E-state index in [9.17, 15) is 16.8 Å². The van der Waals surface area contributed by atoms with Crippen molar-refractivity contribution < 1.29 is 16.8 Å². The lowest BCUT2D eigenvalue weighted by Gasteiger charge is -2.19. The van der Waals surface area contributed by atoms with E-state index < -0.39 is 29.8 Å². The van der Waals surface area contributed by atoms with Crippen molar-refractivity contribution in [3.05, 3.63) is 35.9 Å². The number of primary sulfonamides is 1. The first-order valence-corrected chi connectivity index (χ1v) is 13.3. The second kappa shape index (κ2) is 8.21. The Morgan fingerprint density at radius 1 is 1.09 bits per heavy atom. The topological polar surface area (TPSA) is 210 Å². The van der Waals surface area contributed by atoms with Crippen molar-refractivity contribution in [2.75, 3.05) is 25.5 Å². The summed E-state index contributed by atoms with van der Waals surface area (Å²) in [5.74, 6) is 0.126. The van der Waals surface area contributed by atoms with Crippen molar-refractivity contribution in [2.45, 2.75) is 22.3 Å². The van der Waals surface area contributed by atoms with Crippen LogP contribution in [0.1, 0.15) is 12.0 Å². The highest BCUT2D eigenvalue weighted by Gasteiger charge is 2.34. The number of sulfonamides is 2. The van der Waals surface area contributed by atoms with Crippen LogP contribution in [0.15, 0.2) is 55.3 Å². The number of rotatable bonds is 6. The molecule has 3 heterocycles. The zero-order chi connectivity index (χ0) is 24.1. The third-order valence-electron chi connectivity index (χ3n) is 5.57. The summed E-state index contributed by atoms with van der Waals surface area (Å²) in [5.41, 5.74) is 7.65. The monoisotopic (exact) mass is 503 g/mol. The molecule has 1 aromatic heterocycles. The van der Waals surface area contributed by atoms with Crippen LogP contribution in [0.5, 0.6) is 0 Å². The molecule has 2 aliphatic heterocycles. The van der Waals surface area contributed by atoms with Gasteiger partial charge >= 0.3 is 0 Å². The number of imidazole rings is 1. The molecule has 5 rings (SSSR count). The number of H-pyrrole nitrogens is 1. The number of nitrogen functional groups attached to an aromatic ring is 1. The minimum atomic E-state index is -4.57. The second-order valence-electron chi connectivity index (χ2n) is 7.86. The van der Waals surface area contributed by atoms with Gasteiger partial charge in [0.1, 0.15) is 9.79 Å². The largest absolute Gasteiger partial charge is 0.369 e. The molecule has 2 aliphatic rings. The maximum atomic E-state index is 13.3. The molecule has 34 heavy (non-hydrogen) atoms. The lowest BCUT2D eigenvalue weighted by Crippen LogP contribution is -2.37. The van der Waals surface area contributed by atoms with Crippen molar-refractivity contribution >= 4 is 42.9 Å². The molecule has 0 amide bonds. The van der Waals surface area contributed by atoms with Gasteiger partial charge in [-0.1, -0.05) is 18.2 Å². The molecular weight excluding hydrogens is 482 g/mol. The molecule has 13 nitrogen and oxygen atoms in total. The molecule has 0 bridgehead atoms. The lowest BCUT2D eigenvalue weighted by molar-refractivity contribution is 0.555. The van der Waals surface area contributed by atoms with Gasteiger partial charge in [0, 0.05) is 18.2 Å². The number of benzene rings is 2. The number of azo groups is 1. The van der Waals surface area contributed by atoms with Crippen LogP contribution in [0.3, 0.4) is 0 Å². The van der Waals surface area contributed by atoms with Crippen LogP contribution in [0.4, 0.5) is 5.95 Å². The van der Waals surface area contributed by atoms with Gasteiger partial charge in [0.25, 0.3) is 0 Å². The summed E-state index contributed by atoms with van der Waals surface area (Å²) in [5, 5.41) is 16.4. The van der Waals surface area contributed by atoms with Crippen molar-refractivity contribution in [3.63, 3.8) is 0 Å². The average molecular weight is 504 g/mol. The zero-order valence-electron chi connectivity index (χ0n) is 17.7. The van der Waals surface area contributed by atoms with Crippen molar-refractivity contribution in [2.24, 2.45) is 20.4 Å². The molecule has 178 valence electrons. The van der Waals surface area contributed by atoms with Crippen molar-refractivity contribution in [1.29, 1.82) is 0 Å². The lowest BCUT2D eigenvalue weighted by atomic mass is 9.97. The average Bonchev–Trinajstić information content (AvgIpc) is 3.53. The van der Waals surface area contributed by atoms with E-state index in [4.69, 9.17) is 10.9 Å². The Bertz CT molecular complexity index is 1570. The van der Waals surface area contributed by atoms with Gasteiger partial charge < -0.3 is 16.0 Å². The molecule has 1 fully saturated rings. The van der Waals surface area contributed by atoms with Gasteiger partial charge in [-0.15, -0.1) is 5.11 Å². The first-order chi connectivity index (χ1) is 16.1. The Morgan fingerprint density at radius 2 is 1.91 bits per heavy atom. The third kappa shape index (κ3) is 3.97. The number of hydrogen-bond acceptors (Lipinski definition) is 10. The van der Waals surface area contributed by atoms with E-state index in [1.54, 1.807) is 18.2 Å². The van der Waals surface area contributed by atoms with Gasteiger partial charge in [-0.25, -0.2) is 36.7 Å². The normalized spacial score (nSPS) is 18.6. The number of aromatic nitrogens is 2. The molecule has 0 spiro atoms. The fraction of sp³-hybridized carbons (Fsp3) is 0.263. The van der Waals surface area contributed by atoms with E-state index in [0.29, 0.717) is 41.7 Å². The molecule has 7 N–H and O–H groups in total. The maximum absolute atomic E-state index is 13.3. The van der Waals surface area contributed by atoms with Crippen LogP contribution in [-0.4, -0.2) is 58.4 Å². The van der Waals surface area contributed by atoms with E-state index in [1.165, 1.54) is 12.1 Å². The minimum absolute atomic E-state index is 0.0264. The SMILES string of the molecule is Nc1nc2c(-c3ccc(S(=O)(=O)NC4CCNC4)c(S(N)(=O)=O)c3C3=NCN=N3)cccc2[nH]1. The number of nitrogens with one attached hydrogen (secondary N) is 3. The Labute approximate surface area is 194 Å². The van der Waals surface area contributed by atoms with E-state index >= 15 is 0 Å². The van der Waals surface area contributed by atoms with Crippen molar-refractivity contribution in [3.8, 4) is 11.1 Å². The Kier molecular flexibility index (Phi) is 5.44. The fourth-order valence-corrected chi connectivity index (χ4v) is 7.04. The van der Waals surface area contributed by atoms with E-state index in [1.807, 2.05) is 0 Å². The van der Waals surface area contributed by atoms with Gasteiger partial charge in [0.15, 0.2) is 18.5 Å². The molecular formula is C19H21N9O4S2. The highest BCUT2D eigenvalue weighted by molar-refractivity contribution is 7.92. The summed E-state index contributed by atoms with van der Waals surface area (Å²) < 4.78 is 54.9. The van der Waals surface area contributed by atoms with Gasteiger partial charge in [0.2, 0.25) is 20.0 Å². The number of aliphatic imine (C=N–C) groups is 1. The van der Waals surface area contributed by atoms with Gasteiger partial charge in [-0.05, 0) is 30.7 Å². The van der Waals surface area contributed by atoms with E-state index in [-0.39, 0.29) is 30.1 Å². The van der Waals surface area contributed by atoms with Crippen LogP contribution < -0.4 is 20.9 Å². The van der Waals surface area contributed by atoms with Gasteiger partial charge in [-0.3, -0.25) is 0 Å². The molecule has 2 aromatic carbocycles. The maximum Gasteiger partial charge on any atom is 0.242 e. The first-order valence-electron chi connectivity index (χ1n) is 10.2. The summed E-state index contributed by atoms with van der Waals surface area (Å²) in [4.78, 5) is 10.3. The quantitative estimate of drug-likeness (QED) is 0.316. The standard InChI is InChI=1S/C19H21N9O4S2/c20-19-25-13-3-1-2-12(16(13)26-19)11-4-5-14(34(31,32)28-10-6-7-22-8-10)17(33(21,29)30)15(11)18-23-9-24-27-18/h1-5,10,22,28H,6-9H2,(H3,20,25,26)(H2,21,29,30). The molecule has 0 saturated carbocycles.